The first-order chi connectivity index (χ1) is 17.3. The van der Waals surface area contributed by atoms with E-state index in [1.54, 1.807) is 35.2 Å². The number of nitrogens with one attached hydrogen (secondary N) is 1. The van der Waals surface area contributed by atoms with Crippen LogP contribution in [0.4, 0.5) is 0 Å². The van der Waals surface area contributed by atoms with E-state index in [1.165, 1.54) is 0 Å². The fourth-order valence-corrected chi connectivity index (χ4v) is 4.06. The molecule has 3 heterocycles. The summed E-state index contributed by atoms with van der Waals surface area (Å²) >= 11 is 0. The minimum absolute atomic E-state index is 0.184. The first-order valence-corrected chi connectivity index (χ1v) is 11.8. The molecule has 0 saturated heterocycles. The molecule has 0 atom stereocenters. The van der Waals surface area contributed by atoms with Gasteiger partial charge >= 0.3 is 5.97 Å². The molecule has 182 valence electrons. The zero-order chi connectivity index (χ0) is 25.3. The van der Waals surface area contributed by atoms with Gasteiger partial charge in [-0.05, 0) is 56.2 Å². The Morgan fingerprint density at radius 3 is 2.42 bits per heavy atom. The predicted molar refractivity (Wildman–Crippen MR) is 137 cm³/mol. The SMILES string of the molecule is CC(C)(C)OC(=O)c1ccc(-c2cn3c(=O)c(Cc4ccco4)nc-3c(Cc3ccccc3)[nH]2)cc1. The molecule has 0 saturated carbocycles. The Labute approximate surface area is 208 Å². The number of carbonyl (C=O) groups is 1. The van der Waals surface area contributed by atoms with Gasteiger partial charge in [0.05, 0.1) is 29.6 Å². The Kier molecular flexibility index (Phi) is 6.06. The number of ether oxygens (including phenoxy) is 1. The second-order valence-electron chi connectivity index (χ2n) is 9.70. The summed E-state index contributed by atoms with van der Waals surface area (Å²) in [5, 5.41) is 0. The van der Waals surface area contributed by atoms with Gasteiger partial charge in [-0.3, -0.25) is 9.36 Å². The molecule has 0 aliphatic carbocycles. The quantitative estimate of drug-likeness (QED) is 0.328. The van der Waals surface area contributed by atoms with Crippen molar-refractivity contribution in [2.24, 2.45) is 0 Å². The van der Waals surface area contributed by atoms with E-state index in [0.717, 1.165) is 22.5 Å². The van der Waals surface area contributed by atoms with Crippen LogP contribution in [0.1, 0.15) is 53.8 Å². The van der Waals surface area contributed by atoms with E-state index in [0.29, 0.717) is 35.7 Å². The van der Waals surface area contributed by atoms with Crippen LogP contribution in [0.2, 0.25) is 0 Å². The van der Waals surface area contributed by atoms with Crippen LogP contribution in [-0.2, 0) is 17.6 Å². The smallest absolute Gasteiger partial charge is 0.338 e. The highest BCUT2D eigenvalue weighted by Gasteiger charge is 2.22. The molecular weight excluding hydrogens is 454 g/mol. The zero-order valence-corrected chi connectivity index (χ0v) is 20.4. The van der Waals surface area contributed by atoms with Gasteiger partial charge in [0.15, 0.2) is 5.82 Å². The first-order valence-electron chi connectivity index (χ1n) is 11.8. The average molecular weight is 482 g/mol. The number of imidazole rings is 1. The molecule has 0 amide bonds. The Bertz CT molecular complexity index is 1510. The molecule has 2 aliphatic rings. The van der Waals surface area contributed by atoms with Crippen molar-refractivity contribution in [3.05, 3.63) is 118 Å². The zero-order valence-electron chi connectivity index (χ0n) is 20.4. The highest BCUT2D eigenvalue weighted by Crippen LogP contribution is 2.25. The van der Waals surface area contributed by atoms with E-state index >= 15 is 0 Å². The number of furan rings is 1. The molecule has 0 bridgehead atoms. The number of H-pyrrole nitrogens is 1. The Morgan fingerprint density at radius 2 is 1.75 bits per heavy atom. The second kappa shape index (κ2) is 9.34. The molecule has 0 unspecified atom stereocenters. The van der Waals surface area contributed by atoms with Crippen LogP contribution in [0.5, 0.6) is 0 Å². The summed E-state index contributed by atoms with van der Waals surface area (Å²) in [6, 6.07) is 20.8. The average Bonchev–Trinajstić information content (AvgIpc) is 3.47. The van der Waals surface area contributed by atoms with Gasteiger partial charge in [-0.15, -0.1) is 0 Å². The first kappa shape index (κ1) is 23.4. The molecule has 7 nitrogen and oxygen atoms in total. The Hall–Kier alpha value is -4.39. The minimum Gasteiger partial charge on any atom is -0.469 e. The molecule has 5 rings (SSSR count). The molecular formula is C29H27N3O4. The molecule has 2 aliphatic heterocycles. The lowest BCUT2D eigenvalue weighted by Gasteiger charge is -2.19. The van der Waals surface area contributed by atoms with Crippen molar-refractivity contribution < 1.29 is 13.9 Å². The molecule has 1 aromatic heterocycles. The molecule has 7 heteroatoms. The summed E-state index contributed by atoms with van der Waals surface area (Å²) in [7, 11) is 0. The van der Waals surface area contributed by atoms with Gasteiger partial charge in [0.25, 0.3) is 5.56 Å². The van der Waals surface area contributed by atoms with Crippen LogP contribution < -0.4 is 5.56 Å². The van der Waals surface area contributed by atoms with E-state index in [-0.39, 0.29) is 11.5 Å². The Balaban J connectivity index is 1.56. The fourth-order valence-electron chi connectivity index (χ4n) is 4.06. The van der Waals surface area contributed by atoms with Gasteiger partial charge in [0.1, 0.15) is 17.1 Å². The van der Waals surface area contributed by atoms with E-state index < -0.39 is 5.60 Å². The number of aromatic nitrogens is 3. The number of hydrogen-bond acceptors (Lipinski definition) is 5. The molecule has 0 fully saturated rings. The van der Waals surface area contributed by atoms with Crippen molar-refractivity contribution in [1.29, 1.82) is 0 Å². The minimum atomic E-state index is -0.569. The van der Waals surface area contributed by atoms with Crippen molar-refractivity contribution in [3.63, 3.8) is 0 Å². The van der Waals surface area contributed by atoms with Crippen molar-refractivity contribution >= 4 is 5.97 Å². The van der Waals surface area contributed by atoms with Gasteiger partial charge in [-0.25, -0.2) is 9.78 Å². The summed E-state index contributed by atoms with van der Waals surface area (Å²) in [5.74, 6) is 0.888. The van der Waals surface area contributed by atoms with Crippen molar-refractivity contribution in [1.82, 2.24) is 14.5 Å². The third-order valence-corrected chi connectivity index (χ3v) is 5.72. The number of rotatable bonds is 6. The summed E-state index contributed by atoms with van der Waals surface area (Å²) in [5.41, 5.74) is 3.62. The molecule has 1 N–H and O–H groups in total. The van der Waals surface area contributed by atoms with Gasteiger partial charge in [0, 0.05) is 12.6 Å². The van der Waals surface area contributed by atoms with Crippen LogP contribution in [0.15, 0.2) is 88.4 Å². The van der Waals surface area contributed by atoms with E-state index in [2.05, 4.69) is 9.97 Å². The second-order valence-corrected chi connectivity index (χ2v) is 9.70. The van der Waals surface area contributed by atoms with Gasteiger partial charge in [0.2, 0.25) is 0 Å². The number of esters is 1. The predicted octanol–water partition coefficient (Wildman–Crippen LogP) is 5.40. The number of fused-ring (bicyclic) bond motifs is 1. The van der Waals surface area contributed by atoms with Gasteiger partial charge in [-0.1, -0.05) is 42.5 Å². The van der Waals surface area contributed by atoms with Crippen LogP contribution in [0.25, 0.3) is 17.1 Å². The highest BCUT2D eigenvalue weighted by molar-refractivity contribution is 5.90. The number of hydrogen-bond donors (Lipinski definition) is 1. The van der Waals surface area contributed by atoms with Crippen molar-refractivity contribution in [2.45, 2.75) is 39.2 Å². The monoisotopic (exact) mass is 481 g/mol. The van der Waals surface area contributed by atoms with Gasteiger partial charge in [-0.2, -0.15) is 0 Å². The number of benzene rings is 2. The standard InChI is InChI=1S/C29H27N3O4/c1-29(2,3)36-28(34)21-13-11-20(12-14-21)25-18-32-26(23(30-25)16-19-8-5-4-6-9-19)31-24(27(32)33)17-22-10-7-15-35-22/h4-15,18,30H,16-17H2,1-3H3. The number of nitrogens with zero attached hydrogens (tertiary/aromatic N) is 2. The van der Waals surface area contributed by atoms with Crippen molar-refractivity contribution in [2.75, 3.05) is 0 Å². The fraction of sp³-hybridized carbons (Fsp3) is 0.207. The molecule has 2 aromatic carbocycles. The highest BCUT2D eigenvalue weighted by atomic mass is 16.6. The topological polar surface area (TPSA) is 90.1 Å². The number of aromatic amines is 1. The van der Waals surface area contributed by atoms with E-state index in [9.17, 15) is 9.59 Å². The third-order valence-electron chi connectivity index (χ3n) is 5.72. The summed E-state index contributed by atoms with van der Waals surface area (Å²) in [6.07, 6.45) is 4.24. The lowest BCUT2D eigenvalue weighted by Crippen LogP contribution is -2.23. The van der Waals surface area contributed by atoms with E-state index in [4.69, 9.17) is 9.15 Å². The Morgan fingerprint density at radius 1 is 1.00 bits per heavy atom. The third kappa shape index (κ3) is 5.00. The molecule has 36 heavy (non-hydrogen) atoms. The summed E-state index contributed by atoms with van der Waals surface area (Å²) < 4.78 is 12.5. The summed E-state index contributed by atoms with van der Waals surface area (Å²) in [4.78, 5) is 33.9. The molecule has 0 radical (unpaired) electrons. The normalized spacial score (nSPS) is 11.6. The van der Waals surface area contributed by atoms with Crippen LogP contribution in [-0.4, -0.2) is 26.1 Å². The number of carbonyl (C=O) groups excluding carboxylic acids is 1. The maximum Gasteiger partial charge on any atom is 0.338 e. The largest absolute Gasteiger partial charge is 0.469 e. The molecule has 0 spiro atoms. The van der Waals surface area contributed by atoms with Crippen LogP contribution in [0, 0.1) is 0 Å². The van der Waals surface area contributed by atoms with Crippen LogP contribution in [0.3, 0.4) is 0 Å². The van der Waals surface area contributed by atoms with Crippen LogP contribution >= 0.6 is 0 Å². The molecule has 3 aromatic rings. The summed E-state index contributed by atoms with van der Waals surface area (Å²) in [6.45, 7) is 5.51. The lowest BCUT2D eigenvalue weighted by molar-refractivity contribution is 0.00695. The van der Waals surface area contributed by atoms with Gasteiger partial charge < -0.3 is 14.1 Å². The maximum atomic E-state index is 13.3. The maximum absolute atomic E-state index is 13.3. The lowest BCUT2D eigenvalue weighted by atomic mass is 10.1. The van der Waals surface area contributed by atoms with Crippen molar-refractivity contribution in [3.8, 4) is 17.1 Å². The van der Waals surface area contributed by atoms with E-state index in [1.807, 2.05) is 69.3 Å².